The molecule has 2 atom stereocenters. The second-order valence-electron chi connectivity index (χ2n) is 5.03. The van der Waals surface area contributed by atoms with E-state index in [1.807, 2.05) is 0 Å². The molecule has 1 fully saturated rings. The molecule has 1 heterocycles. The predicted octanol–water partition coefficient (Wildman–Crippen LogP) is 2.27. The molecule has 0 unspecified atom stereocenters. The second kappa shape index (κ2) is 5.72. The van der Waals surface area contributed by atoms with Gasteiger partial charge in [0.2, 0.25) is 0 Å². The molecule has 14 heavy (non-hydrogen) atoms. The molecule has 0 spiro atoms. The number of unbranched alkanes of at least 4 members (excludes halogenated alkanes) is 1. The van der Waals surface area contributed by atoms with Gasteiger partial charge in [-0.1, -0.05) is 33.6 Å². The van der Waals surface area contributed by atoms with E-state index in [1.54, 1.807) is 0 Å². The molecule has 2 heteroatoms. The zero-order chi connectivity index (χ0) is 10.6. The summed E-state index contributed by atoms with van der Waals surface area (Å²) in [6, 6.07) is 0.646. The molecule has 0 aromatic carbocycles. The van der Waals surface area contributed by atoms with Crippen molar-refractivity contribution in [1.82, 2.24) is 4.90 Å². The van der Waals surface area contributed by atoms with Gasteiger partial charge < -0.3 is 5.11 Å². The molecule has 0 aromatic rings. The Morgan fingerprint density at radius 2 is 2.14 bits per heavy atom. The fourth-order valence-corrected chi connectivity index (χ4v) is 2.39. The van der Waals surface area contributed by atoms with E-state index >= 15 is 0 Å². The van der Waals surface area contributed by atoms with Crippen molar-refractivity contribution in [3.8, 4) is 0 Å². The van der Waals surface area contributed by atoms with Gasteiger partial charge in [0.1, 0.15) is 0 Å². The number of nitrogens with zero attached hydrogens (tertiary/aromatic N) is 1. The summed E-state index contributed by atoms with van der Waals surface area (Å²) in [6.45, 7) is 8.78. The highest BCUT2D eigenvalue weighted by molar-refractivity contribution is 4.85. The first-order valence-corrected chi connectivity index (χ1v) is 6.05. The van der Waals surface area contributed by atoms with Crippen LogP contribution < -0.4 is 0 Å². The molecule has 1 N–H and O–H groups in total. The lowest BCUT2D eigenvalue weighted by Gasteiger charge is -2.25. The first kappa shape index (κ1) is 12.0. The van der Waals surface area contributed by atoms with Gasteiger partial charge in [-0.3, -0.25) is 4.90 Å². The molecule has 0 bridgehead atoms. The Kier molecular flexibility index (Phi) is 4.90. The van der Waals surface area contributed by atoms with Crippen LogP contribution in [0.15, 0.2) is 0 Å². The Labute approximate surface area is 88.3 Å². The summed E-state index contributed by atoms with van der Waals surface area (Å²) in [5, 5.41) is 9.64. The molecular weight excluding hydrogens is 174 g/mol. The molecule has 1 aliphatic heterocycles. The molecule has 0 saturated carbocycles. The van der Waals surface area contributed by atoms with Crippen LogP contribution in [0.25, 0.3) is 0 Å². The SMILES string of the molecule is CCCC[C@@H]1C[C@H](O)CN1CC(C)C. The second-order valence-corrected chi connectivity index (χ2v) is 5.03. The number of likely N-dealkylation sites (tertiary alicyclic amines) is 1. The molecule has 1 aliphatic rings. The third-order valence-electron chi connectivity index (χ3n) is 3.00. The van der Waals surface area contributed by atoms with Gasteiger partial charge in [-0.25, -0.2) is 0 Å². The highest BCUT2D eigenvalue weighted by atomic mass is 16.3. The average molecular weight is 199 g/mol. The summed E-state index contributed by atoms with van der Waals surface area (Å²) >= 11 is 0. The number of rotatable bonds is 5. The summed E-state index contributed by atoms with van der Waals surface area (Å²) in [6.07, 6.45) is 4.75. The summed E-state index contributed by atoms with van der Waals surface area (Å²) in [5.41, 5.74) is 0. The lowest BCUT2D eigenvalue weighted by atomic mass is 10.1. The van der Waals surface area contributed by atoms with E-state index in [9.17, 15) is 5.11 Å². The molecule has 1 saturated heterocycles. The number of aliphatic hydroxyl groups is 1. The molecule has 0 aliphatic carbocycles. The van der Waals surface area contributed by atoms with Crippen LogP contribution in [-0.2, 0) is 0 Å². The Morgan fingerprint density at radius 3 is 2.71 bits per heavy atom. The van der Waals surface area contributed by atoms with Crippen molar-refractivity contribution >= 4 is 0 Å². The topological polar surface area (TPSA) is 23.5 Å². The van der Waals surface area contributed by atoms with Crippen molar-refractivity contribution in [2.45, 2.75) is 58.6 Å². The maximum absolute atomic E-state index is 9.64. The first-order chi connectivity index (χ1) is 6.63. The van der Waals surface area contributed by atoms with Crippen LogP contribution in [0.4, 0.5) is 0 Å². The normalized spacial score (nSPS) is 28.9. The highest BCUT2D eigenvalue weighted by Gasteiger charge is 2.30. The largest absolute Gasteiger partial charge is 0.392 e. The Morgan fingerprint density at radius 1 is 1.43 bits per heavy atom. The van der Waals surface area contributed by atoms with Gasteiger partial charge in [0.25, 0.3) is 0 Å². The van der Waals surface area contributed by atoms with Gasteiger partial charge in [-0.2, -0.15) is 0 Å². The Balaban J connectivity index is 2.37. The van der Waals surface area contributed by atoms with Crippen molar-refractivity contribution in [2.75, 3.05) is 13.1 Å². The summed E-state index contributed by atoms with van der Waals surface area (Å²) in [4.78, 5) is 2.48. The van der Waals surface area contributed by atoms with Gasteiger partial charge in [0.15, 0.2) is 0 Å². The van der Waals surface area contributed by atoms with Crippen molar-refractivity contribution < 1.29 is 5.11 Å². The van der Waals surface area contributed by atoms with Crippen LogP contribution in [0, 0.1) is 5.92 Å². The smallest absolute Gasteiger partial charge is 0.0682 e. The van der Waals surface area contributed by atoms with Crippen molar-refractivity contribution in [3.63, 3.8) is 0 Å². The monoisotopic (exact) mass is 199 g/mol. The van der Waals surface area contributed by atoms with Crippen molar-refractivity contribution in [2.24, 2.45) is 5.92 Å². The van der Waals surface area contributed by atoms with Gasteiger partial charge >= 0.3 is 0 Å². The highest BCUT2D eigenvalue weighted by Crippen LogP contribution is 2.23. The maximum atomic E-state index is 9.64. The van der Waals surface area contributed by atoms with Crippen LogP contribution in [0.1, 0.15) is 46.5 Å². The Bertz CT molecular complexity index is 158. The third-order valence-corrected chi connectivity index (χ3v) is 3.00. The van der Waals surface area contributed by atoms with E-state index < -0.39 is 0 Å². The fraction of sp³-hybridized carbons (Fsp3) is 1.00. The van der Waals surface area contributed by atoms with Gasteiger partial charge in [-0.05, 0) is 18.8 Å². The van der Waals surface area contributed by atoms with Crippen LogP contribution in [0.3, 0.4) is 0 Å². The van der Waals surface area contributed by atoms with Crippen LogP contribution in [0.2, 0.25) is 0 Å². The average Bonchev–Trinajstić information content (AvgIpc) is 2.41. The zero-order valence-corrected chi connectivity index (χ0v) is 9.87. The van der Waals surface area contributed by atoms with Gasteiger partial charge in [0.05, 0.1) is 6.10 Å². The minimum Gasteiger partial charge on any atom is -0.392 e. The predicted molar refractivity (Wildman–Crippen MR) is 60.3 cm³/mol. The summed E-state index contributed by atoms with van der Waals surface area (Å²) in [5.74, 6) is 0.712. The fourth-order valence-electron chi connectivity index (χ4n) is 2.39. The number of hydrogen-bond donors (Lipinski definition) is 1. The summed E-state index contributed by atoms with van der Waals surface area (Å²) in [7, 11) is 0. The standard InChI is InChI=1S/C12H25NO/c1-4-5-6-11-7-12(14)9-13(11)8-10(2)3/h10-12,14H,4-9H2,1-3H3/t11-,12+/m1/s1. The van der Waals surface area contributed by atoms with Crippen molar-refractivity contribution in [3.05, 3.63) is 0 Å². The minimum absolute atomic E-state index is 0.0735. The lowest BCUT2D eigenvalue weighted by Crippen LogP contribution is -2.33. The van der Waals surface area contributed by atoms with E-state index in [2.05, 4.69) is 25.7 Å². The van der Waals surface area contributed by atoms with E-state index in [0.717, 1.165) is 19.5 Å². The maximum Gasteiger partial charge on any atom is 0.0682 e. The lowest BCUT2D eigenvalue weighted by molar-refractivity contribution is 0.168. The van der Waals surface area contributed by atoms with E-state index in [4.69, 9.17) is 0 Å². The van der Waals surface area contributed by atoms with E-state index in [0.29, 0.717) is 12.0 Å². The number of β-amino-alcohol motifs (C(OH)–C–C–N with tert-alkyl or cyclic N) is 1. The molecule has 0 amide bonds. The molecule has 1 rings (SSSR count). The number of hydrogen-bond acceptors (Lipinski definition) is 2. The molecule has 0 aromatic heterocycles. The van der Waals surface area contributed by atoms with Crippen molar-refractivity contribution in [1.29, 1.82) is 0 Å². The zero-order valence-electron chi connectivity index (χ0n) is 9.87. The van der Waals surface area contributed by atoms with Gasteiger partial charge in [-0.15, -0.1) is 0 Å². The number of aliphatic hydroxyl groups excluding tert-OH is 1. The first-order valence-electron chi connectivity index (χ1n) is 6.05. The molecular formula is C12H25NO. The molecule has 84 valence electrons. The Hall–Kier alpha value is -0.0800. The third kappa shape index (κ3) is 3.58. The molecule has 2 nitrogen and oxygen atoms in total. The minimum atomic E-state index is -0.0735. The van der Waals surface area contributed by atoms with Crippen LogP contribution in [-0.4, -0.2) is 35.2 Å². The van der Waals surface area contributed by atoms with E-state index in [-0.39, 0.29) is 6.10 Å². The summed E-state index contributed by atoms with van der Waals surface area (Å²) < 4.78 is 0. The van der Waals surface area contributed by atoms with Crippen LogP contribution in [0.5, 0.6) is 0 Å². The van der Waals surface area contributed by atoms with Gasteiger partial charge in [0, 0.05) is 19.1 Å². The van der Waals surface area contributed by atoms with Crippen LogP contribution >= 0.6 is 0 Å². The molecule has 0 radical (unpaired) electrons. The quantitative estimate of drug-likeness (QED) is 0.734. The van der Waals surface area contributed by atoms with E-state index in [1.165, 1.54) is 19.3 Å².